The lowest BCUT2D eigenvalue weighted by Gasteiger charge is -2.08. The normalized spacial score (nSPS) is 11.2. The van der Waals surface area contributed by atoms with Crippen molar-refractivity contribution in [3.8, 4) is 22.5 Å². The van der Waals surface area contributed by atoms with Crippen molar-refractivity contribution in [1.82, 2.24) is 15.3 Å². The van der Waals surface area contributed by atoms with Gasteiger partial charge in [-0.1, -0.05) is 66.7 Å². The van der Waals surface area contributed by atoms with Gasteiger partial charge in [0.05, 0.1) is 11.0 Å². The third-order valence-corrected chi connectivity index (χ3v) is 5.75. The molecule has 5 aromatic rings. The van der Waals surface area contributed by atoms with Crippen molar-refractivity contribution in [2.45, 2.75) is 20.0 Å². The van der Waals surface area contributed by atoms with Gasteiger partial charge in [-0.05, 0) is 59.0 Å². The molecule has 0 unspecified atom stereocenters. The molecular formula is C28H26N4. The van der Waals surface area contributed by atoms with Gasteiger partial charge < -0.3 is 16.0 Å². The number of nitrogens with one attached hydrogen (secondary N) is 2. The molecule has 1 heterocycles. The molecule has 158 valence electrons. The number of aryl methyl sites for hydroxylation is 1. The van der Waals surface area contributed by atoms with Gasteiger partial charge in [-0.25, -0.2) is 4.98 Å². The number of aromatic amines is 1. The van der Waals surface area contributed by atoms with Gasteiger partial charge in [-0.3, -0.25) is 0 Å². The van der Waals surface area contributed by atoms with E-state index < -0.39 is 0 Å². The fraction of sp³-hybridized carbons (Fsp3) is 0.107. The Balaban J connectivity index is 1.30. The summed E-state index contributed by atoms with van der Waals surface area (Å²) >= 11 is 0. The Hall–Kier alpha value is -3.89. The largest absolute Gasteiger partial charge is 0.399 e. The molecule has 0 spiro atoms. The van der Waals surface area contributed by atoms with Gasteiger partial charge in [-0.2, -0.15) is 0 Å². The molecule has 5 rings (SSSR count). The summed E-state index contributed by atoms with van der Waals surface area (Å²) in [6.45, 7) is 3.70. The number of anilines is 1. The molecule has 0 atom stereocenters. The number of imidazole rings is 1. The van der Waals surface area contributed by atoms with Crippen molar-refractivity contribution in [3.05, 3.63) is 108 Å². The lowest BCUT2D eigenvalue weighted by atomic mass is 10.0. The predicted octanol–water partition coefficient (Wildman–Crippen LogP) is 6.08. The number of nitrogens with zero attached hydrogens (tertiary/aromatic N) is 1. The average molecular weight is 419 g/mol. The second-order valence-electron chi connectivity index (χ2n) is 8.18. The van der Waals surface area contributed by atoms with Crippen molar-refractivity contribution in [1.29, 1.82) is 0 Å². The van der Waals surface area contributed by atoms with Gasteiger partial charge in [-0.15, -0.1) is 0 Å². The molecule has 0 bridgehead atoms. The molecule has 0 amide bonds. The van der Waals surface area contributed by atoms with Crippen LogP contribution >= 0.6 is 0 Å². The summed E-state index contributed by atoms with van der Waals surface area (Å²) in [6, 6.07) is 31.5. The first kappa shape index (κ1) is 20.0. The number of nitrogen functional groups attached to an aromatic ring is 1. The molecule has 0 aliphatic rings. The maximum atomic E-state index is 5.85. The highest BCUT2D eigenvalue weighted by Crippen LogP contribution is 2.27. The number of fused-ring (bicyclic) bond motifs is 1. The molecule has 0 aliphatic heterocycles. The molecular weight excluding hydrogens is 392 g/mol. The Labute approximate surface area is 188 Å². The van der Waals surface area contributed by atoms with Crippen molar-refractivity contribution < 1.29 is 0 Å². The first-order valence-corrected chi connectivity index (χ1v) is 10.9. The van der Waals surface area contributed by atoms with E-state index in [4.69, 9.17) is 10.7 Å². The summed E-state index contributed by atoms with van der Waals surface area (Å²) < 4.78 is 0. The van der Waals surface area contributed by atoms with E-state index in [2.05, 4.69) is 90.0 Å². The molecule has 0 aliphatic carbocycles. The molecule has 0 saturated heterocycles. The smallest absolute Gasteiger partial charge is 0.138 e. The zero-order valence-corrected chi connectivity index (χ0v) is 18.1. The molecule has 4 heteroatoms. The lowest BCUT2D eigenvalue weighted by molar-refractivity contribution is 0.693. The lowest BCUT2D eigenvalue weighted by Crippen LogP contribution is -2.12. The van der Waals surface area contributed by atoms with E-state index in [0.717, 1.165) is 41.2 Å². The highest BCUT2D eigenvalue weighted by Gasteiger charge is 2.08. The molecule has 32 heavy (non-hydrogen) atoms. The summed E-state index contributed by atoms with van der Waals surface area (Å²) in [4.78, 5) is 8.28. The predicted molar refractivity (Wildman–Crippen MR) is 133 cm³/mol. The van der Waals surface area contributed by atoms with E-state index in [9.17, 15) is 0 Å². The first-order chi connectivity index (χ1) is 15.7. The van der Waals surface area contributed by atoms with Gasteiger partial charge in [0.25, 0.3) is 0 Å². The minimum Gasteiger partial charge on any atom is -0.399 e. The Morgan fingerprint density at radius 1 is 0.750 bits per heavy atom. The summed E-state index contributed by atoms with van der Waals surface area (Å²) in [7, 11) is 0. The maximum Gasteiger partial charge on any atom is 0.138 e. The molecule has 4 aromatic carbocycles. The van der Waals surface area contributed by atoms with Crippen LogP contribution < -0.4 is 11.1 Å². The SMILES string of the molecule is Cc1cccc2[nH]c(-c3cccc(-c4ccc(CNCc5cccc(N)c5)cc4)c3)nc12. The van der Waals surface area contributed by atoms with E-state index in [1.54, 1.807) is 0 Å². The summed E-state index contributed by atoms with van der Waals surface area (Å²) in [5.74, 6) is 0.901. The van der Waals surface area contributed by atoms with Gasteiger partial charge in [0.1, 0.15) is 5.82 Å². The number of para-hydroxylation sites is 1. The number of nitrogens with two attached hydrogens (primary N) is 1. The van der Waals surface area contributed by atoms with Gasteiger partial charge in [0, 0.05) is 24.3 Å². The van der Waals surface area contributed by atoms with Gasteiger partial charge in [0.15, 0.2) is 0 Å². The van der Waals surface area contributed by atoms with Crippen molar-refractivity contribution in [3.63, 3.8) is 0 Å². The van der Waals surface area contributed by atoms with E-state index in [0.29, 0.717) is 0 Å². The zero-order valence-electron chi connectivity index (χ0n) is 18.1. The number of hydrogen-bond donors (Lipinski definition) is 3. The summed E-state index contributed by atoms with van der Waals surface area (Å²) in [5, 5.41) is 3.48. The number of rotatable bonds is 6. The molecule has 1 aromatic heterocycles. The summed E-state index contributed by atoms with van der Waals surface area (Å²) in [5.41, 5.74) is 15.8. The van der Waals surface area contributed by atoms with E-state index >= 15 is 0 Å². The van der Waals surface area contributed by atoms with Crippen LogP contribution in [0.25, 0.3) is 33.5 Å². The second kappa shape index (κ2) is 8.69. The van der Waals surface area contributed by atoms with Crippen LogP contribution in [0.1, 0.15) is 16.7 Å². The average Bonchev–Trinajstić information content (AvgIpc) is 3.26. The third kappa shape index (κ3) is 4.27. The molecule has 4 N–H and O–H groups in total. The van der Waals surface area contributed by atoms with E-state index in [-0.39, 0.29) is 0 Å². The van der Waals surface area contributed by atoms with Crippen LogP contribution in [0.4, 0.5) is 5.69 Å². The third-order valence-electron chi connectivity index (χ3n) is 5.75. The Bertz CT molecular complexity index is 1370. The van der Waals surface area contributed by atoms with E-state index in [1.807, 2.05) is 18.2 Å². The standard InChI is InChI=1S/C28H26N4/c1-19-5-2-10-26-27(19)32-28(31-26)24-8-4-7-23(16-24)22-13-11-20(12-14-22)17-30-18-21-6-3-9-25(29)15-21/h2-16,30H,17-18,29H2,1H3,(H,31,32). The van der Waals surface area contributed by atoms with Crippen molar-refractivity contribution >= 4 is 16.7 Å². The van der Waals surface area contributed by atoms with Crippen LogP contribution in [0, 0.1) is 6.92 Å². The zero-order chi connectivity index (χ0) is 21.9. The Morgan fingerprint density at radius 3 is 2.31 bits per heavy atom. The topological polar surface area (TPSA) is 66.7 Å². The van der Waals surface area contributed by atoms with Crippen LogP contribution in [0.2, 0.25) is 0 Å². The fourth-order valence-corrected chi connectivity index (χ4v) is 4.03. The number of hydrogen-bond acceptors (Lipinski definition) is 3. The molecule has 0 radical (unpaired) electrons. The first-order valence-electron chi connectivity index (χ1n) is 10.9. The minimum atomic E-state index is 0.797. The monoisotopic (exact) mass is 418 g/mol. The molecule has 4 nitrogen and oxygen atoms in total. The number of aromatic nitrogens is 2. The van der Waals surface area contributed by atoms with Crippen LogP contribution in [-0.4, -0.2) is 9.97 Å². The number of benzene rings is 4. The highest BCUT2D eigenvalue weighted by molar-refractivity contribution is 5.83. The Morgan fingerprint density at radius 2 is 1.50 bits per heavy atom. The van der Waals surface area contributed by atoms with Gasteiger partial charge >= 0.3 is 0 Å². The van der Waals surface area contributed by atoms with Crippen molar-refractivity contribution in [2.75, 3.05) is 5.73 Å². The van der Waals surface area contributed by atoms with Crippen LogP contribution in [-0.2, 0) is 13.1 Å². The molecule has 0 fully saturated rings. The van der Waals surface area contributed by atoms with Crippen LogP contribution in [0.3, 0.4) is 0 Å². The molecule has 0 saturated carbocycles. The minimum absolute atomic E-state index is 0.797. The van der Waals surface area contributed by atoms with Crippen LogP contribution in [0.15, 0.2) is 91.0 Å². The number of H-pyrrole nitrogens is 1. The quantitative estimate of drug-likeness (QED) is 0.293. The highest BCUT2D eigenvalue weighted by atomic mass is 14.9. The second-order valence-corrected chi connectivity index (χ2v) is 8.18. The van der Waals surface area contributed by atoms with Crippen molar-refractivity contribution in [2.24, 2.45) is 0 Å². The summed E-state index contributed by atoms with van der Waals surface area (Å²) in [6.07, 6.45) is 0. The maximum absolute atomic E-state index is 5.85. The Kier molecular flexibility index (Phi) is 5.44. The fourth-order valence-electron chi connectivity index (χ4n) is 4.03. The van der Waals surface area contributed by atoms with Crippen LogP contribution in [0.5, 0.6) is 0 Å². The van der Waals surface area contributed by atoms with E-state index in [1.165, 1.54) is 27.8 Å². The van der Waals surface area contributed by atoms with Gasteiger partial charge in [0.2, 0.25) is 0 Å².